The van der Waals surface area contributed by atoms with Crippen molar-refractivity contribution in [1.82, 2.24) is 4.90 Å². The van der Waals surface area contributed by atoms with E-state index in [4.69, 9.17) is 0 Å². The van der Waals surface area contributed by atoms with E-state index in [-0.39, 0.29) is 12.4 Å². The lowest BCUT2D eigenvalue weighted by Gasteiger charge is -2.44. The van der Waals surface area contributed by atoms with E-state index in [2.05, 4.69) is 23.1 Å². The van der Waals surface area contributed by atoms with Crippen molar-refractivity contribution in [2.24, 2.45) is 11.8 Å². The molecule has 3 aliphatic heterocycles. The molecule has 2 aromatic rings. The highest BCUT2D eigenvalue weighted by Crippen LogP contribution is 2.35. The molecule has 0 N–H and O–H groups in total. The number of benzene rings is 1. The number of Topliss-reactive ketones (excluding diaryl/α,β-unsaturated/α-hetero) is 1. The Morgan fingerprint density at radius 1 is 1.23 bits per heavy atom. The summed E-state index contributed by atoms with van der Waals surface area (Å²) in [5, 5.41) is 1.20. The molecule has 2 nitrogen and oxygen atoms in total. The van der Waals surface area contributed by atoms with Gasteiger partial charge < -0.3 is 4.90 Å². The van der Waals surface area contributed by atoms with Gasteiger partial charge in [0.15, 0.2) is 5.78 Å². The van der Waals surface area contributed by atoms with Crippen LogP contribution in [-0.2, 0) is 0 Å². The largest absolute Gasteiger partial charge is 0.303 e. The highest BCUT2D eigenvalue weighted by Gasteiger charge is 2.33. The normalized spacial score (nSPS) is 26.8. The number of nitrogens with zero attached hydrogens (tertiary/aromatic N) is 1. The second kappa shape index (κ2) is 6.69. The average molecular weight is 336 g/mol. The Labute approximate surface area is 141 Å². The van der Waals surface area contributed by atoms with E-state index in [1.165, 1.54) is 42.6 Å². The van der Waals surface area contributed by atoms with E-state index in [9.17, 15) is 4.79 Å². The standard InChI is InChI=1S/C18H21NOS.ClH/c20-16(18-11-14-3-1-2-4-17(14)21-18)6-5-15-12-19-9-7-13(15)8-10-19;/h1-4,11,13,15H,5-10,12H2;1H. The van der Waals surface area contributed by atoms with Crippen LogP contribution in [0.3, 0.4) is 0 Å². The zero-order valence-electron chi connectivity index (χ0n) is 12.7. The van der Waals surface area contributed by atoms with Crippen LogP contribution < -0.4 is 0 Å². The molecule has 2 bridgehead atoms. The van der Waals surface area contributed by atoms with Gasteiger partial charge in [0, 0.05) is 17.7 Å². The fourth-order valence-electron chi connectivity index (χ4n) is 3.97. The predicted octanol–water partition coefficient (Wildman–Crippen LogP) is 4.63. The summed E-state index contributed by atoms with van der Waals surface area (Å²) in [6.45, 7) is 3.79. The molecule has 3 fully saturated rings. The van der Waals surface area contributed by atoms with Gasteiger partial charge in [-0.05, 0) is 61.7 Å². The minimum Gasteiger partial charge on any atom is -0.303 e. The van der Waals surface area contributed by atoms with Crippen LogP contribution in [0.25, 0.3) is 10.1 Å². The molecule has 0 spiro atoms. The lowest BCUT2D eigenvalue weighted by molar-refractivity contribution is 0.0451. The van der Waals surface area contributed by atoms with Gasteiger partial charge in [-0.25, -0.2) is 0 Å². The fourth-order valence-corrected chi connectivity index (χ4v) is 5.00. The van der Waals surface area contributed by atoms with Crippen LogP contribution in [0.1, 0.15) is 35.4 Å². The molecule has 4 heterocycles. The summed E-state index contributed by atoms with van der Waals surface area (Å²) in [7, 11) is 0. The highest BCUT2D eigenvalue weighted by atomic mass is 35.5. The molecule has 0 amide bonds. The Balaban J connectivity index is 0.00000144. The maximum atomic E-state index is 12.5. The number of piperidine rings is 3. The molecule has 3 saturated heterocycles. The number of carbonyl (C=O) groups is 1. The second-order valence-electron chi connectivity index (χ2n) is 6.51. The van der Waals surface area contributed by atoms with E-state index < -0.39 is 0 Å². The third kappa shape index (κ3) is 3.08. The van der Waals surface area contributed by atoms with Crippen molar-refractivity contribution in [3.05, 3.63) is 35.2 Å². The van der Waals surface area contributed by atoms with Gasteiger partial charge in [-0.15, -0.1) is 23.7 Å². The average Bonchev–Trinajstić information content (AvgIpc) is 2.98. The van der Waals surface area contributed by atoms with Crippen LogP contribution in [0.2, 0.25) is 0 Å². The second-order valence-corrected chi connectivity index (χ2v) is 7.59. The number of hydrogen-bond acceptors (Lipinski definition) is 3. The van der Waals surface area contributed by atoms with Crippen molar-refractivity contribution in [2.45, 2.75) is 25.7 Å². The Bertz CT molecular complexity index is 627. The Hall–Kier alpha value is -0.900. The maximum Gasteiger partial charge on any atom is 0.172 e. The van der Waals surface area contributed by atoms with Gasteiger partial charge in [-0.2, -0.15) is 0 Å². The van der Waals surface area contributed by atoms with Crippen molar-refractivity contribution in [1.29, 1.82) is 0 Å². The minimum atomic E-state index is 0. The zero-order chi connectivity index (χ0) is 14.2. The summed E-state index contributed by atoms with van der Waals surface area (Å²) in [6.07, 6.45) is 4.50. The quantitative estimate of drug-likeness (QED) is 0.759. The number of thiophene rings is 1. The molecule has 22 heavy (non-hydrogen) atoms. The van der Waals surface area contributed by atoms with Crippen molar-refractivity contribution in [2.75, 3.05) is 19.6 Å². The van der Waals surface area contributed by atoms with Gasteiger partial charge in [0.2, 0.25) is 0 Å². The van der Waals surface area contributed by atoms with E-state index >= 15 is 0 Å². The third-order valence-corrected chi connectivity index (χ3v) is 6.39. The van der Waals surface area contributed by atoms with Crippen molar-refractivity contribution in [3.63, 3.8) is 0 Å². The summed E-state index contributed by atoms with van der Waals surface area (Å²) in [5.41, 5.74) is 0. The summed E-state index contributed by atoms with van der Waals surface area (Å²) in [6, 6.07) is 10.3. The lowest BCUT2D eigenvalue weighted by Crippen LogP contribution is -2.47. The smallest absolute Gasteiger partial charge is 0.172 e. The number of ketones is 1. The number of rotatable bonds is 4. The molecule has 118 valence electrons. The number of carbonyl (C=O) groups excluding carboxylic acids is 1. The van der Waals surface area contributed by atoms with Crippen molar-refractivity contribution < 1.29 is 4.79 Å². The lowest BCUT2D eigenvalue weighted by atomic mass is 9.76. The molecule has 3 aliphatic rings. The SMILES string of the molecule is Cl.O=C(CCC1CN2CCC1CC2)c1cc2ccccc2s1. The Morgan fingerprint density at radius 2 is 2.00 bits per heavy atom. The first kappa shape index (κ1) is 16.0. The van der Waals surface area contributed by atoms with Gasteiger partial charge in [0.1, 0.15) is 0 Å². The van der Waals surface area contributed by atoms with Gasteiger partial charge in [0.05, 0.1) is 4.88 Å². The van der Waals surface area contributed by atoms with E-state index in [0.717, 1.165) is 29.6 Å². The number of hydrogen-bond donors (Lipinski definition) is 0. The molecular formula is C18H22ClNOS. The van der Waals surface area contributed by atoms with Gasteiger partial charge in [-0.1, -0.05) is 18.2 Å². The van der Waals surface area contributed by atoms with Crippen molar-refractivity contribution >= 4 is 39.6 Å². The molecule has 0 saturated carbocycles. The first-order valence-corrected chi connectivity index (χ1v) is 8.85. The predicted molar refractivity (Wildman–Crippen MR) is 95.3 cm³/mol. The molecule has 0 aliphatic carbocycles. The molecule has 1 aromatic heterocycles. The van der Waals surface area contributed by atoms with Crippen LogP contribution in [0.5, 0.6) is 0 Å². The monoisotopic (exact) mass is 335 g/mol. The van der Waals surface area contributed by atoms with Gasteiger partial charge in [0.25, 0.3) is 0 Å². The topological polar surface area (TPSA) is 20.3 Å². The van der Waals surface area contributed by atoms with Crippen LogP contribution in [-0.4, -0.2) is 30.3 Å². The molecule has 1 aromatic carbocycles. The van der Waals surface area contributed by atoms with E-state index in [1.54, 1.807) is 11.3 Å². The highest BCUT2D eigenvalue weighted by molar-refractivity contribution is 7.20. The molecule has 5 rings (SSSR count). The van der Waals surface area contributed by atoms with Crippen molar-refractivity contribution in [3.8, 4) is 0 Å². The number of fused-ring (bicyclic) bond motifs is 4. The Morgan fingerprint density at radius 3 is 2.68 bits per heavy atom. The van der Waals surface area contributed by atoms with Crippen LogP contribution >= 0.6 is 23.7 Å². The summed E-state index contributed by atoms with van der Waals surface area (Å²) < 4.78 is 1.23. The molecule has 4 heteroatoms. The van der Waals surface area contributed by atoms with Crippen LogP contribution in [0.15, 0.2) is 30.3 Å². The first-order valence-electron chi connectivity index (χ1n) is 8.04. The molecule has 0 radical (unpaired) electrons. The van der Waals surface area contributed by atoms with Gasteiger partial charge in [-0.3, -0.25) is 4.79 Å². The van der Waals surface area contributed by atoms with E-state index in [0.29, 0.717) is 5.78 Å². The number of halogens is 1. The minimum absolute atomic E-state index is 0. The summed E-state index contributed by atoms with van der Waals surface area (Å²) >= 11 is 1.65. The maximum absolute atomic E-state index is 12.5. The Kier molecular flexibility index (Phi) is 4.86. The van der Waals surface area contributed by atoms with E-state index in [1.807, 2.05) is 12.1 Å². The molecule has 1 atom stereocenters. The van der Waals surface area contributed by atoms with Crippen LogP contribution in [0.4, 0.5) is 0 Å². The summed E-state index contributed by atoms with van der Waals surface area (Å²) in [5.74, 6) is 1.98. The van der Waals surface area contributed by atoms with Gasteiger partial charge >= 0.3 is 0 Å². The zero-order valence-corrected chi connectivity index (χ0v) is 14.3. The van der Waals surface area contributed by atoms with Crippen LogP contribution in [0, 0.1) is 11.8 Å². The first-order chi connectivity index (χ1) is 10.3. The molecular weight excluding hydrogens is 314 g/mol. The molecule has 1 unspecified atom stereocenters. The fraction of sp³-hybridized carbons (Fsp3) is 0.500. The summed E-state index contributed by atoms with van der Waals surface area (Å²) in [4.78, 5) is 16.0. The third-order valence-electron chi connectivity index (χ3n) is 5.23.